The zero-order valence-corrected chi connectivity index (χ0v) is 16.2. The lowest BCUT2D eigenvalue weighted by molar-refractivity contribution is -0.157. The van der Waals surface area contributed by atoms with Gasteiger partial charge in [0.15, 0.2) is 5.60 Å². The number of carbonyl (C=O) groups excluding carboxylic acids is 2. The summed E-state index contributed by atoms with van der Waals surface area (Å²) < 4.78 is 13.3. The van der Waals surface area contributed by atoms with E-state index in [0.29, 0.717) is 5.57 Å². The first-order chi connectivity index (χ1) is 12.2. The minimum atomic E-state index is -1.11. The van der Waals surface area contributed by atoms with Gasteiger partial charge in [0.25, 0.3) is 0 Å². The Morgan fingerprint density at radius 3 is 2.58 bits per heavy atom. The van der Waals surface area contributed by atoms with Crippen LogP contribution in [0.3, 0.4) is 0 Å². The van der Waals surface area contributed by atoms with Crippen LogP contribution in [0, 0.1) is 12.8 Å². The van der Waals surface area contributed by atoms with Crippen LogP contribution in [-0.2, 0) is 31.7 Å². The van der Waals surface area contributed by atoms with Gasteiger partial charge in [-0.05, 0) is 40.7 Å². The number of hydrogen-bond acceptors (Lipinski definition) is 4. The van der Waals surface area contributed by atoms with Gasteiger partial charge in [0.2, 0.25) is 0 Å². The van der Waals surface area contributed by atoms with Crippen molar-refractivity contribution in [2.24, 2.45) is 13.0 Å². The van der Waals surface area contributed by atoms with Gasteiger partial charge in [0.1, 0.15) is 5.92 Å². The fourth-order valence-corrected chi connectivity index (χ4v) is 4.10. The number of fused-ring (bicyclic) bond motifs is 1. The third-order valence-corrected chi connectivity index (χ3v) is 5.32. The molecule has 0 spiro atoms. The number of ether oxygens (including phenoxy) is 2. The number of para-hydroxylation sites is 1. The normalized spacial score (nSPS) is 22.6. The molecule has 1 aromatic heterocycles. The molecule has 1 aromatic carbocycles. The molecule has 0 bridgehead atoms. The van der Waals surface area contributed by atoms with Crippen molar-refractivity contribution < 1.29 is 19.1 Å². The van der Waals surface area contributed by atoms with E-state index < -0.39 is 23.5 Å². The zero-order chi connectivity index (χ0) is 19.2. The maximum absolute atomic E-state index is 12.9. The van der Waals surface area contributed by atoms with Crippen molar-refractivity contribution in [2.75, 3.05) is 6.61 Å². The first-order valence-electron chi connectivity index (χ1n) is 8.85. The molecule has 1 aliphatic rings. The highest BCUT2D eigenvalue weighted by molar-refractivity contribution is 6.01. The summed E-state index contributed by atoms with van der Waals surface area (Å²) in [5.41, 5.74) is 2.92. The molecule has 1 saturated heterocycles. The number of carbonyl (C=O) groups is 2. The van der Waals surface area contributed by atoms with Gasteiger partial charge in [-0.25, -0.2) is 4.79 Å². The molecule has 0 radical (unpaired) electrons. The van der Waals surface area contributed by atoms with Crippen molar-refractivity contribution in [1.82, 2.24) is 4.57 Å². The average Bonchev–Trinajstić information content (AvgIpc) is 3.00. The maximum Gasteiger partial charge on any atom is 0.335 e. The van der Waals surface area contributed by atoms with Gasteiger partial charge in [-0.15, -0.1) is 0 Å². The molecule has 2 heterocycles. The van der Waals surface area contributed by atoms with Crippen LogP contribution < -0.4 is 0 Å². The minimum absolute atomic E-state index is 0.254. The van der Waals surface area contributed by atoms with Crippen molar-refractivity contribution in [3.8, 4) is 0 Å². The molecule has 0 saturated carbocycles. The number of aromatic nitrogens is 1. The Morgan fingerprint density at radius 1 is 1.31 bits per heavy atom. The molecule has 1 aliphatic heterocycles. The molecule has 2 atom stereocenters. The van der Waals surface area contributed by atoms with Crippen LogP contribution >= 0.6 is 0 Å². The van der Waals surface area contributed by atoms with Gasteiger partial charge >= 0.3 is 11.9 Å². The second kappa shape index (κ2) is 6.31. The number of aryl methyl sites for hydroxylation is 1. The predicted molar refractivity (Wildman–Crippen MR) is 99.6 cm³/mol. The average molecular weight is 355 g/mol. The molecule has 1 fully saturated rings. The van der Waals surface area contributed by atoms with E-state index in [-0.39, 0.29) is 6.61 Å². The van der Waals surface area contributed by atoms with E-state index in [0.717, 1.165) is 27.7 Å². The molecule has 2 aromatic rings. The number of nitrogens with zero attached hydrogens (tertiary/aromatic N) is 1. The molecule has 0 unspecified atom stereocenters. The summed E-state index contributed by atoms with van der Waals surface area (Å²) in [4.78, 5) is 25.5. The largest absolute Gasteiger partial charge is 0.465 e. The first kappa shape index (κ1) is 18.2. The van der Waals surface area contributed by atoms with Crippen LogP contribution in [0.2, 0.25) is 0 Å². The van der Waals surface area contributed by atoms with Gasteiger partial charge in [-0.2, -0.15) is 0 Å². The second-order valence-corrected chi connectivity index (χ2v) is 7.13. The molecule has 3 rings (SSSR count). The lowest BCUT2D eigenvalue weighted by atomic mass is 9.78. The summed E-state index contributed by atoms with van der Waals surface area (Å²) >= 11 is 0. The Kier molecular flexibility index (Phi) is 4.42. The summed E-state index contributed by atoms with van der Waals surface area (Å²) in [6.07, 6.45) is 0. The number of benzene rings is 1. The maximum atomic E-state index is 12.9. The Balaban J connectivity index is 2.32. The minimum Gasteiger partial charge on any atom is -0.465 e. The van der Waals surface area contributed by atoms with Crippen molar-refractivity contribution in [2.45, 2.75) is 40.2 Å². The van der Waals surface area contributed by atoms with Crippen LogP contribution in [0.4, 0.5) is 0 Å². The summed E-state index contributed by atoms with van der Waals surface area (Å²) in [7, 11) is 1.97. The molecule has 26 heavy (non-hydrogen) atoms. The lowest BCUT2D eigenvalue weighted by Crippen LogP contribution is -2.36. The van der Waals surface area contributed by atoms with E-state index in [1.54, 1.807) is 6.92 Å². The van der Waals surface area contributed by atoms with E-state index in [1.807, 2.05) is 59.0 Å². The van der Waals surface area contributed by atoms with Gasteiger partial charge < -0.3 is 14.0 Å². The quantitative estimate of drug-likeness (QED) is 0.621. The highest BCUT2D eigenvalue weighted by Gasteiger charge is 2.57. The monoisotopic (exact) mass is 355 g/mol. The molecule has 0 aliphatic carbocycles. The summed E-state index contributed by atoms with van der Waals surface area (Å²) in [5.74, 6) is -1.66. The molecule has 5 heteroatoms. The third-order valence-electron chi connectivity index (χ3n) is 5.32. The van der Waals surface area contributed by atoms with Crippen molar-refractivity contribution in [3.63, 3.8) is 0 Å². The van der Waals surface area contributed by atoms with Gasteiger partial charge in [0.05, 0.1) is 12.2 Å². The van der Waals surface area contributed by atoms with E-state index in [4.69, 9.17) is 9.47 Å². The van der Waals surface area contributed by atoms with Crippen molar-refractivity contribution in [1.29, 1.82) is 0 Å². The van der Waals surface area contributed by atoms with Gasteiger partial charge in [0, 0.05) is 29.2 Å². The van der Waals surface area contributed by atoms with E-state index in [1.165, 1.54) is 0 Å². The lowest BCUT2D eigenvalue weighted by Gasteiger charge is -2.29. The standard InChI is InChI=1S/C21H25NO4/c1-7-25-20(24)18-16(12(2)3)19(23)26-21(18,5)17-13(4)22(6)15-11-9-8-10-14(15)17/h8-11,18H,7H2,1-6H3/t18-,21+/m0/s1. The highest BCUT2D eigenvalue weighted by atomic mass is 16.6. The smallest absolute Gasteiger partial charge is 0.335 e. The molecular weight excluding hydrogens is 330 g/mol. The predicted octanol–water partition coefficient (Wildman–Crippen LogP) is 3.77. The van der Waals surface area contributed by atoms with E-state index in [9.17, 15) is 9.59 Å². The molecule has 0 N–H and O–H groups in total. The fourth-order valence-electron chi connectivity index (χ4n) is 4.10. The Hall–Kier alpha value is -2.56. The van der Waals surface area contributed by atoms with Gasteiger partial charge in [-0.1, -0.05) is 23.8 Å². The highest BCUT2D eigenvalue weighted by Crippen LogP contribution is 2.49. The summed E-state index contributed by atoms with van der Waals surface area (Å²) in [6.45, 7) is 9.46. The van der Waals surface area contributed by atoms with Crippen LogP contribution in [0.25, 0.3) is 10.9 Å². The molecule has 5 nitrogen and oxygen atoms in total. The third kappa shape index (κ3) is 2.45. The number of allylic oxidation sites excluding steroid dienone is 1. The summed E-state index contributed by atoms with van der Waals surface area (Å²) in [5, 5.41) is 0.979. The van der Waals surface area contributed by atoms with Crippen LogP contribution in [0.1, 0.15) is 39.0 Å². The van der Waals surface area contributed by atoms with Gasteiger partial charge in [-0.3, -0.25) is 4.79 Å². The zero-order valence-electron chi connectivity index (χ0n) is 16.2. The van der Waals surface area contributed by atoms with Crippen molar-refractivity contribution >= 4 is 22.8 Å². The first-order valence-corrected chi connectivity index (χ1v) is 8.85. The van der Waals surface area contributed by atoms with E-state index >= 15 is 0 Å². The molecule has 0 amide bonds. The fraction of sp³-hybridized carbons (Fsp3) is 0.429. The van der Waals surface area contributed by atoms with Crippen molar-refractivity contribution in [3.05, 3.63) is 46.7 Å². The second-order valence-electron chi connectivity index (χ2n) is 7.13. The summed E-state index contributed by atoms with van der Waals surface area (Å²) in [6, 6.07) is 7.94. The number of rotatable bonds is 3. The number of esters is 2. The SMILES string of the molecule is CCOC(=O)[C@@H]1C(=C(C)C)C(=O)O[C@]1(C)c1c(C)n(C)c2ccccc12. The number of hydrogen-bond donors (Lipinski definition) is 0. The van der Waals surface area contributed by atoms with Crippen LogP contribution in [0.15, 0.2) is 35.4 Å². The number of cyclic esters (lactones) is 1. The Bertz CT molecular complexity index is 933. The topological polar surface area (TPSA) is 57.5 Å². The molecule has 138 valence electrons. The van der Waals surface area contributed by atoms with Crippen LogP contribution in [0.5, 0.6) is 0 Å². The van der Waals surface area contributed by atoms with E-state index in [2.05, 4.69) is 4.57 Å². The van der Waals surface area contributed by atoms with Crippen LogP contribution in [-0.4, -0.2) is 23.1 Å². The molecular formula is C21H25NO4. The Morgan fingerprint density at radius 2 is 1.96 bits per heavy atom. The Labute approximate surface area is 153 Å².